The van der Waals surface area contributed by atoms with Gasteiger partial charge in [-0.2, -0.15) is 0 Å². The average Bonchev–Trinajstić information content (AvgIpc) is 2.82. The average molecular weight is 313 g/mol. The Morgan fingerprint density at radius 2 is 2.10 bits per heavy atom. The van der Waals surface area contributed by atoms with Gasteiger partial charge in [0, 0.05) is 17.1 Å². The molecular weight excluding hydrogens is 290 g/mol. The Labute approximate surface area is 129 Å². The summed E-state index contributed by atoms with van der Waals surface area (Å²) in [5.74, 6) is -1.11. The number of urea groups is 1. The van der Waals surface area contributed by atoms with Crippen molar-refractivity contribution < 1.29 is 14.7 Å². The van der Waals surface area contributed by atoms with Crippen LogP contribution in [0.5, 0.6) is 0 Å². The summed E-state index contributed by atoms with van der Waals surface area (Å²) in [5.41, 5.74) is 0. The topological polar surface area (TPSA) is 91.3 Å². The van der Waals surface area contributed by atoms with Crippen molar-refractivity contribution in [1.82, 2.24) is 15.6 Å². The van der Waals surface area contributed by atoms with Gasteiger partial charge >= 0.3 is 12.0 Å². The first kappa shape index (κ1) is 17.4. The highest BCUT2D eigenvalue weighted by Gasteiger charge is 2.12. The van der Waals surface area contributed by atoms with Crippen LogP contribution < -0.4 is 10.6 Å². The van der Waals surface area contributed by atoms with E-state index in [0.717, 1.165) is 22.7 Å². The molecule has 1 aromatic rings. The van der Waals surface area contributed by atoms with Crippen LogP contribution >= 0.6 is 11.3 Å². The van der Waals surface area contributed by atoms with Crippen molar-refractivity contribution in [2.45, 2.75) is 52.6 Å². The fraction of sp³-hybridized carbons (Fsp3) is 0.643. The molecule has 0 aliphatic heterocycles. The summed E-state index contributed by atoms with van der Waals surface area (Å²) in [5, 5.41) is 15.3. The number of aryl methyl sites for hydroxylation is 1. The van der Waals surface area contributed by atoms with E-state index in [-0.39, 0.29) is 18.0 Å². The van der Waals surface area contributed by atoms with Gasteiger partial charge in [-0.05, 0) is 26.7 Å². The van der Waals surface area contributed by atoms with Crippen LogP contribution in [-0.4, -0.2) is 28.1 Å². The molecule has 3 N–H and O–H groups in total. The molecule has 0 radical (unpaired) electrons. The summed E-state index contributed by atoms with van der Waals surface area (Å²) < 4.78 is 0. The number of carboxylic acids is 1. The smallest absolute Gasteiger partial charge is 0.315 e. The van der Waals surface area contributed by atoms with Crippen molar-refractivity contribution in [3.8, 4) is 0 Å². The molecule has 0 saturated heterocycles. The second kappa shape index (κ2) is 8.61. The lowest BCUT2D eigenvalue weighted by molar-refractivity contribution is -0.141. The van der Waals surface area contributed by atoms with Crippen molar-refractivity contribution >= 4 is 23.3 Å². The van der Waals surface area contributed by atoms with Crippen LogP contribution in [0.3, 0.4) is 0 Å². The molecule has 0 aromatic carbocycles. The van der Waals surface area contributed by atoms with Crippen LogP contribution in [0.1, 0.15) is 43.0 Å². The summed E-state index contributed by atoms with van der Waals surface area (Å²) >= 11 is 1.56. The molecule has 0 spiro atoms. The van der Waals surface area contributed by atoms with Gasteiger partial charge in [-0.25, -0.2) is 9.78 Å². The standard InChI is InChI=1S/C14H23N3O3S/c1-9(13(18)19)5-4-6-10(2)17-14(20)16-8-12-15-7-11(3)21-12/h7,9-10H,4-6,8H2,1-3H3,(H,18,19)(H2,16,17,20). The van der Waals surface area contributed by atoms with Crippen LogP contribution in [0, 0.1) is 12.8 Å². The number of aromatic nitrogens is 1. The molecule has 1 aromatic heterocycles. The molecule has 7 heteroatoms. The van der Waals surface area contributed by atoms with Crippen LogP contribution in [0.15, 0.2) is 6.20 Å². The molecule has 0 fully saturated rings. The van der Waals surface area contributed by atoms with Gasteiger partial charge in [-0.1, -0.05) is 13.3 Å². The zero-order chi connectivity index (χ0) is 15.8. The molecule has 2 unspecified atom stereocenters. The summed E-state index contributed by atoms with van der Waals surface area (Å²) in [6.07, 6.45) is 3.95. The van der Waals surface area contributed by atoms with Gasteiger partial charge in [0.1, 0.15) is 5.01 Å². The Morgan fingerprint density at radius 1 is 1.38 bits per heavy atom. The van der Waals surface area contributed by atoms with Crippen LogP contribution in [-0.2, 0) is 11.3 Å². The molecule has 1 heterocycles. The van der Waals surface area contributed by atoms with E-state index >= 15 is 0 Å². The van der Waals surface area contributed by atoms with Gasteiger partial charge in [0.25, 0.3) is 0 Å². The fourth-order valence-electron chi connectivity index (χ4n) is 1.84. The monoisotopic (exact) mass is 313 g/mol. The molecule has 1 rings (SSSR count). The third-order valence-electron chi connectivity index (χ3n) is 3.14. The highest BCUT2D eigenvalue weighted by atomic mass is 32.1. The van der Waals surface area contributed by atoms with Gasteiger partial charge in [-0.3, -0.25) is 4.79 Å². The number of hydrogen-bond donors (Lipinski definition) is 3. The Hall–Kier alpha value is -1.63. The third-order valence-corrected chi connectivity index (χ3v) is 4.06. The number of thiazole rings is 1. The first-order chi connectivity index (χ1) is 9.88. The fourth-order valence-corrected chi connectivity index (χ4v) is 2.57. The van der Waals surface area contributed by atoms with Crippen LogP contribution in [0.2, 0.25) is 0 Å². The maximum Gasteiger partial charge on any atom is 0.315 e. The molecular formula is C14H23N3O3S. The maximum absolute atomic E-state index is 11.7. The number of aliphatic carboxylic acids is 1. The Kier molecular flexibility index (Phi) is 7.14. The molecule has 21 heavy (non-hydrogen) atoms. The lowest BCUT2D eigenvalue weighted by Crippen LogP contribution is -2.40. The minimum Gasteiger partial charge on any atom is -0.481 e. The summed E-state index contributed by atoms with van der Waals surface area (Å²) in [6.45, 7) is 6.01. The predicted molar refractivity (Wildman–Crippen MR) is 82.3 cm³/mol. The number of carbonyl (C=O) groups is 2. The second-order valence-electron chi connectivity index (χ2n) is 5.26. The summed E-state index contributed by atoms with van der Waals surface area (Å²) in [7, 11) is 0. The zero-order valence-corrected chi connectivity index (χ0v) is 13.5. The molecule has 0 saturated carbocycles. The first-order valence-corrected chi connectivity index (χ1v) is 7.88. The quantitative estimate of drug-likeness (QED) is 0.688. The molecule has 0 aliphatic rings. The minimum absolute atomic E-state index is 0.0176. The predicted octanol–water partition coefficient (Wildman–Crippen LogP) is 2.53. The molecule has 0 bridgehead atoms. The molecule has 118 valence electrons. The number of amides is 2. The number of carbonyl (C=O) groups excluding carboxylic acids is 1. The van der Waals surface area contributed by atoms with Crippen molar-refractivity contribution in [1.29, 1.82) is 0 Å². The van der Waals surface area contributed by atoms with Gasteiger partial charge < -0.3 is 15.7 Å². The lowest BCUT2D eigenvalue weighted by Gasteiger charge is -2.15. The second-order valence-corrected chi connectivity index (χ2v) is 6.58. The highest BCUT2D eigenvalue weighted by molar-refractivity contribution is 7.11. The van der Waals surface area contributed by atoms with E-state index in [1.54, 1.807) is 24.5 Å². The number of rotatable bonds is 8. The van der Waals surface area contributed by atoms with Crippen molar-refractivity contribution in [3.05, 3.63) is 16.1 Å². The van der Waals surface area contributed by atoms with Gasteiger partial charge in [0.15, 0.2) is 0 Å². The summed E-state index contributed by atoms with van der Waals surface area (Å²) in [6, 6.07) is -0.203. The van der Waals surface area contributed by atoms with E-state index in [2.05, 4.69) is 15.6 Å². The van der Waals surface area contributed by atoms with Gasteiger partial charge in [0.05, 0.1) is 12.5 Å². The Morgan fingerprint density at radius 3 is 2.67 bits per heavy atom. The largest absolute Gasteiger partial charge is 0.481 e. The van der Waals surface area contributed by atoms with Gasteiger partial charge in [0.2, 0.25) is 0 Å². The van der Waals surface area contributed by atoms with Crippen LogP contribution in [0.25, 0.3) is 0 Å². The van der Waals surface area contributed by atoms with Crippen molar-refractivity contribution in [2.24, 2.45) is 5.92 Å². The zero-order valence-electron chi connectivity index (χ0n) is 12.7. The Balaban J connectivity index is 2.17. The number of nitrogens with one attached hydrogen (secondary N) is 2. The van der Waals surface area contributed by atoms with Crippen LogP contribution in [0.4, 0.5) is 4.79 Å². The lowest BCUT2D eigenvalue weighted by atomic mass is 10.0. The third kappa shape index (κ3) is 7.08. The molecule has 6 nitrogen and oxygen atoms in total. The normalized spacial score (nSPS) is 13.5. The van der Waals surface area contributed by atoms with E-state index in [1.807, 2.05) is 13.8 Å². The number of hydrogen-bond acceptors (Lipinski definition) is 4. The van der Waals surface area contributed by atoms with Crippen molar-refractivity contribution in [2.75, 3.05) is 0 Å². The molecule has 2 amide bonds. The summed E-state index contributed by atoms with van der Waals surface area (Å²) in [4.78, 5) is 27.7. The maximum atomic E-state index is 11.7. The van der Waals surface area contributed by atoms with E-state index in [9.17, 15) is 9.59 Å². The van der Waals surface area contributed by atoms with Crippen molar-refractivity contribution in [3.63, 3.8) is 0 Å². The molecule has 0 aliphatic carbocycles. The highest BCUT2D eigenvalue weighted by Crippen LogP contribution is 2.11. The van der Waals surface area contributed by atoms with E-state index < -0.39 is 5.97 Å². The SMILES string of the molecule is Cc1cnc(CNC(=O)NC(C)CCCC(C)C(=O)O)s1. The van der Waals surface area contributed by atoms with Gasteiger partial charge in [-0.15, -0.1) is 11.3 Å². The van der Waals surface area contributed by atoms with E-state index in [1.165, 1.54) is 0 Å². The van der Waals surface area contributed by atoms with E-state index in [4.69, 9.17) is 5.11 Å². The first-order valence-electron chi connectivity index (χ1n) is 7.07. The number of carboxylic acid groups (broad SMARTS) is 1. The Bertz CT molecular complexity index is 476. The minimum atomic E-state index is -0.771. The number of nitrogens with zero attached hydrogens (tertiary/aromatic N) is 1. The molecule has 2 atom stereocenters. The van der Waals surface area contributed by atoms with E-state index in [0.29, 0.717) is 13.0 Å².